The zero-order valence-electron chi connectivity index (χ0n) is 8.65. The van der Waals surface area contributed by atoms with Crippen LogP contribution in [0.3, 0.4) is 0 Å². The zero-order valence-corrected chi connectivity index (χ0v) is 11.8. The number of nitrogens with zero attached hydrogens (tertiary/aromatic N) is 1. The molecule has 0 saturated carbocycles. The first-order valence-corrected chi connectivity index (χ1v) is 7.04. The van der Waals surface area contributed by atoms with E-state index in [0.717, 1.165) is 30.3 Å². The third-order valence-corrected chi connectivity index (χ3v) is 4.33. The molecule has 0 N–H and O–H groups in total. The molecule has 0 aliphatic carbocycles. The van der Waals surface area contributed by atoms with Crippen molar-refractivity contribution in [1.82, 2.24) is 4.98 Å². The zero-order chi connectivity index (χ0) is 11.8. The lowest BCUT2D eigenvalue weighted by atomic mass is 10.2. The summed E-state index contributed by atoms with van der Waals surface area (Å²) in [5.41, 5.74) is 2.00. The first-order valence-electron chi connectivity index (χ1n) is 5.05. The van der Waals surface area contributed by atoms with Gasteiger partial charge in [-0.2, -0.15) is 0 Å². The van der Waals surface area contributed by atoms with E-state index in [9.17, 15) is 0 Å². The van der Waals surface area contributed by atoms with Crippen LogP contribution in [0.4, 0.5) is 0 Å². The number of rotatable bonds is 1. The van der Waals surface area contributed by atoms with Crippen LogP contribution in [0.2, 0.25) is 5.02 Å². The molecule has 3 aromatic rings. The molecule has 1 nitrogen and oxygen atoms in total. The van der Waals surface area contributed by atoms with Crippen molar-refractivity contribution < 1.29 is 0 Å². The molecule has 0 saturated heterocycles. The maximum absolute atomic E-state index is 6.18. The monoisotopic (exact) mass is 323 g/mol. The van der Waals surface area contributed by atoms with Gasteiger partial charge in [-0.05, 0) is 24.3 Å². The number of hydrogen-bond donors (Lipinski definition) is 0. The fraction of sp³-hybridized carbons (Fsp3) is 0. The van der Waals surface area contributed by atoms with E-state index in [1.54, 1.807) is 11.3 Å². The normalized spacial score (nSPS) is 10.9. The molecule has 0 bridgehead atoms. The van der Waals surface area contributed by atoms with Gasteiger partial charge in [0.15, 0.2) is 0 Å². The summed E-state index contributed by atoms with van der Waals surface area (Å²) in [7, 11) is 0. The smallest absolute Gasteiger partial charge is 0.126 e. The molecule has 84 valence electrons. The number of fused-ring (bicyclic) bond motifs is 1. The number of benzene rings is 2. The fourth-order valence-electron chi connectivity index (χ4n) is 1.65. The molecule has 0 fully saturated rings. The first kappa shape index (κ1) is 11.2. The molecule has 2 aromatic carbocycles. The lowest BCUT2D eigenvalue weighted by molar-refractivity contribution is 1.47. The van der Waals surface area contributed by atoms with Crippen molar-refractivity contribution in [3.05, 3.63) is 52.0 Å². The van der Waals surface area contributed by atoms with Gasteiger partial charge < -0.3 is 0 Å². The number of halogens is 2. The Morgan fingerprint density at radius 3 is 2.76 bits per heavy atom. The Morgan fingerprint density at radius 1 is 1.12 bits per heavy atom. The molecule has 1 aromatic heterocycles. The lowest BCUT2D eigenvalue weighted by Crippen LogP contribution is -1.76. The van der Waals surface area contributed by atoms with Crippen molar-refractivity contribution in [2.24, 2.45) is 0 Å². The molecule has 0 radical (unpaired) electrons. The molecule has 0 unspecified atom stereocenters. The second-order valence-corrected chi connectivity index (χ2v) is 5.96. The molecule has 0 atom stereocenters. The summed E-state index contributed by atoms with van der Waals surface area (Å²) in [5.74, 6) is 0. The molecule has 0 spiro atoms. The van der Waals surface area contributed by atoms with Crippen LogP contribution in [0, 0.1) is 0 Å². The standard InChI is InChI=1S/C13H7BrClNS/c14-8-5-6-11-12(7-8)17-13(16-11)9-3-1-2-4-10(9)15/h1-7H. The average Bonchev–Trinajstić information content (AvgIpc) is 2.72. The lowest BCUT2D eigenvalue weighted by Gasteiger charge is -1.97. The minimum absolute atomic E-state index is 0.741. The van der Waals surface area contributed by atoms with Gasteiger partial charge in [-0.1, -0.05) is 45.7 Å². The minimum Gasteiger partial charge on any atom is -0.236 e. The van der Waals surface area contributed by atoms with Crippen LogP contribution in [0.1, 0.15) is 0 Å². The number of thiazole rings is 1. The second-order valence-electron chi connectivity index (χ2n) is 3.61. The van der Waals surface area contributed by atoms with E-state index in [2.05, 4.69) is 27.0 Å². The van der Waals surface area contributed by atoms with Gasteiger partial charge in [0.05, 0.1) is 15.2 Å². The van der Waals surface area contributed by atoms with Crippen LogP contribution in [-0.2, 0) is 0 Å². The largest absolute Gasteiger partial charge is 0.236 e. The summed E-state index contributed by atoms with van der Waals surface area (Å²) in [6.07, 6.45) is 0. The molecule has 0 amide bonds. The SMILES string of the molecule is Clc1ccccc1-c1nc2ccc(Br)cc2s1. The van der Waals surface area contributed by atoms with Crippen LogP contribution >= 0.6 is 38.9 Å². The van der Waals surface area contributed by atoms with Gasteiger partial charge >= 0.3 is 0 Å². The van der Waals surface area contributed by atoms with Crippen LogP contribution in [-0.4, -0.2) is 4.98 Å². The minimum atomic E-state index is 0.741. The van der Waals surface area contributed by atoms with E-state index >= 15 is 0 Å². The van der Waals surface area contributed by atoms with Gasteiger partial charge in [-0.3, -0.25) is 0 Å². The molecular weight excluding hydrogens is 318 g/mol. The van der Waals surface area contributed by atoms with E-state index < -0.39 is 0 Å². The highest BCUT2D eigenvalue weighted by Crippen LogP contribution is 2.34. The first-order chi connectivity index (χ1) is 8.24. The van der Waals surface area contributed by atoms with Crippen LogP contribution in [0.25, 0.3) is 20.8 Å². The van der Waals surface area contributed by atoms with Gasteiger partial charge in [0.25, 0.3) is 0 Å². The van der Waals surface area contributed by atoms with Gasteiger partial charge in [-0.15, -0.1) is 11.3 Å². The summed E-state index contributed by atoms with van der Waals surface area (Å²) in [6.45, 7) is 0. The van der Waals surface area contributed by atoms with Crippen molar-refractivity contribution in [3.63, 3.8) is 0 Å². The van der Waals surface area contributed by atoms with Crippen molar-refractivity contribution in [2.75, 3.05) is 0 Å². The summed E-state index contributed by atoms with van der Waals surface area (Å²) in [6, 6.07) is 13.9. The molecule has 4 heteroatoms. The third-order valence-electron chi connectivity index (χ3n) is 2.45. The van der Waals surface area contributed by atoms with Gasteiger partial charge in [-0.25, -0.2) is 4.98 Å². The molecule has 0 aliphatic rings. The van der Waals surface area contributed by atoms with E-state index in [4.69, 9.17) is 11.6 Å². The van der Waals surface area contributed by atoms with Crippen molar-refractivity contribution in [3.8, 4) is 10.6 Å². The summed E-state index contributed by atoms with van der Waals surface area (Å²) in [5, 5.41) is 1.70. The maximum Gasteiger partial charge on any atom is 0.126 e. The summed E-state index contributed by atoms with van der Waals surface area (Å²) < 4.78 is 2.23. The van der Waals surface area contributed by atoms with Crippen LogP contribution in [0.5, 0.6) is 0 Å². The number of hydrogen-bond acceptors (Lipinski definition) is 2. The Hall–Kier alpha value is -0.900. The second kappa shape index (κ2) is 4.41. The highest BCUT2D eigenvalue weighted by Gasteiger charge is 2.09. The molecular formula is C13H7BrClNS. The Balaban J connectivity index is 2.22. The Morgan fingerprint density at radius 2 is 1.94 bits per heavy atom. The van der Waals surface area contributed by atoms with Gasteiger partial charge in [0.2, 0.25) is 0 Å². The predicted octanol–water partition coefficient (Wildman–Crippen LogP) is 5.38. The van der Waals surface area contributed by atoms with Crippen molar-refractivity contribution in [1.29, 1.82) is 0 Å². The van der Waals surface area contributed by atoms with Crippen LogP contribution in [0.15, 0.2) is 46.9 Å². The molecule has 1 heterocycles. The highest BCUT2D eigenvalue weighted by atomic mass is 79.9. The van der Waals surface area contributed by atoms with Crippen molar-refractivity contribution in [2.45, 2.75) is 0 Å². The van der Waals surface area contributed by atoms with E-state index in [1.165, 1.54) is 0 Å². The Labute approximate surface area is 116 Å². The van der Waals surface area contributed by atoms with Crippen molar-refractivity contribution >= 4 is 49.1 Å². The molecule has 0 aliphatic heterocycles. The third kappa shape index (κ3) is 2.10. The predicted molar refractivity (Wildman–Crippen MR) is 77.8 cm³/mol. The fourth-order valence-corrected chi connectivity index (χ4v) is 3.49. The van der Waals surface area contributed by atoms with E-state index in [0.29, 0.717) is 0 Å². The Bertz CT molecular complexity index is 693. The quantitative estimate of drug-likeness (QED) is 0.585. The number of aromatic nitrogens is 1. The maximum atomic E-state index is 6.18. The van der Waals surface area contributed by atoms with Crippen LogP contribution < -0.4 is 0 Å². The highest BCUT2D eigenvalue weighted by molar-refractivity contribution is 9.10. The van der Waals surface area contributed by atoms with E-state index in [1.807, 2.05) is 36.4 Å². The molecule has 3 rings (SSSR count). The summed E-state index contributed by atoms with van der Waals surface area (Å²) >= 11 is 11.3. The molecule has 17 heavy (non-hydrogen) atoms. The summed E-state index contributed by atoms with van der Waals surface area (Å²) in [4.78, 5) is 4.60. The topological polar surface area (TPSA) is 12.9 Å². The Kier molecular flexibility index (Phi) is 2.90. The average molecular weight is 325 g/mol. The van der Waals surface area contributed by atoms with Gasteiger partial charge in [0.1, 0.15) is 5.01 Å². The van der Waals surface area contributed by atoms with Gasteiger partial charge in [0, 0.05) is 10.0 Å². The van der Waals surface area contributed by atoms with E-state index in [-0.39, 0.29) is 0 Å².